The van der Waals surface area contributed by atoms with Gasteiger partial charge in [0.25, 0.3) is 0 Å². The molecular formula is C29H36N8O. The van der Waals surface area contributed by atoms with Crippen LogP contribution in [0, 0.1) is 6.92 Å². The lowest BCUT2D eigenvalue weighted by Crippen LogP contribution is -2.40. The van der Waals surface area contributed by atoms with Crippen molar-refractivity contribution in [2.24, 2.45) is 0 Å². The smallest absolute Gasteiger partial charge is 0.160 e. The Labute approximate surface area is 223 Å². The standard InChI is InChI=1S/C29H36N8O/c1-3-21-8-9-22-28(20(21)2)29(31-19-30-22)36-12-5-4-7-24(36)23-17-26-32-25(34-10-6-11-34)18-27(37(26)33-23)35-13-15-38-16-14-35/h8-9,17-19,24H,3-7,10-16H2,1-2H3. The fourth-order valence-electron chi connectivity index (χ4n) is 6.29. The van der Waals surface area contributed by atoms with E-state index in [4.69, 9.17) is 19.8 Å². The third kappa shape index (κ3) is 3.95. The highest BCUT2D eigenvalue weighted by Gasteiger charge is 2.31. The third-order valence-corrected chi connectivity index (χ3v) is 8.58. The lowest BCUT2D eigenvalue weighted by Gasteiger charge is -2.36. The van der Waals surface area contributed by atoms with Crippen molar-refractivity contribution in [1.29, 1.82) is 0 Å². The molecule has 9 heteroatoms. The summed E-state index contributed by atoms with van der Waals surface area (Å²) >= 11 is 0. The lowest BCUT2D eigenvalue weighted by molar-refractivity contribution is 0.122. The van der Waals surface area contributed by atoms with Crippen LogP contribution >= 0.6 is 0 Å². The zero-order valence-corrected chi connectivity index (χ0v) is 22.4. The highest BCUT2D eigenvalue weighted by Crippen LogP contribution is 2.39. The molecule has 0 N–H and O–H groups in total. The van der Waals surface area contributed by atoms with Gasteiger partial charge in [-0.2, -0.15) is 9.61 Å². The van der Waals surface area contributed by atoms with Gasteiger partial charge in [0, 0.05) is 50.2 Å². The maximum absolute atomic E-state index is 5.65. The van der Waals surface area contributed by atoms with E-state index in [0.717, 1.165) is 99.5 Å². The first-order valence-corrected chi connectivity index (χ1v) is 14.2. The lowest BCUT2D eigenvalue weighted by atomic mass is 9.97. The Balaban J connectivity index is 1.34. The molecule has 3 saturated heterocycles. The van der Waals surface area contributed by atoms with Crippen molar-refractivity contribution in [3.05, 3.63) is 47.4 Å². The number of fused-ring (bicyclic) bond motifs is 2. The topological polar surface area (TPSA) is 74.9 Å². The van der Waals surface area contributed by atoms with Gasteiger partial charge in [0.1, 0.15) is 23.8 Å². The SMILES string of the molecule is CCc1ccc2ncnc(N3CCCCC3c3cc4nc(N5CCC5)cc(N5CCOCC5)n4n3)c2c1C. The number of nitrogens with zero attached hydrogens (tertiary/aromatic N) is 8. The summed E-state index contributed by atoms with van der Waals surface area (Å²) in [4.78, 5) is 21.8. The molecule has 38 heavy (non-hydrogen) atoms. The van der Waals surface area contributed by atoms with Gasteiger partial charge in [-0.1, -0.05) is 13.0 Å². The van der Waals surface area contributed by atoms with Crippen LogP contribution in [0.15, 0.2) is 30.6 Å². The summed E-state index contributed by atoms with van der Waals surface area (Å²) < 4.78 is 7.72. The molecule has 0 spiro atoms. The van der Waals surface area contributed by atoms with Gasteiger partial charge in [-0.15, -0.1) is 0 Å². The fraction of sp³-hybridized carbons (Fsp3) is 0.517. The molecule has 4 aromatic rings. The molecule has 6 heterocycles. The second-order valence-electron chi connectivity index (χ2n) is 10.8. The van der Waals surface area contributed by atoms with Gasteiger partial charge in [0.05, 0.1) is 30.5 Å². The van der Waals surface area contributed by atoms with E-state index in [1.165, 1.54) is 29.4 Å². The number of hydrogen-bond acceptors (Lipinski definition) is 8. The van der Waals surface area contributed by atoms with E-state index in [-0.39, 0.29) is 6.04 Å². The van der Waals surface area contributed by atoms with Crippen LogP contribution in [0.3, 0.4) is 0 Å². The van der Waals surface area contributed by atoms with Crippen molar-refractivity contribution < 1.29 is 4.74 Å². The number of aromatic nitrogens is 5. The molecule has 198 valence electrons. The second-order valence-corrected chi connectivity index (χ2v) is 10.8. The summed E-state index contributed by atoms with van der Waals surface area (Å²) in [6.07, 6.45) is 7.33. The van der Waals surface area contributed by atoms with Gasteiger partial charge in [-0.25, -0.2) is 15.0 Å². The molecule has 0 radical (unpaired) electrons. The van der Waals surface area contributed by atoms with Crippen LogP contribution in [-0.4, -0.2) is 70.5 Å². The average molecular weight is 513 g/mol. The first-order valence-electron chi connectivity index (χ1n) is 14.2. The van der Waals surface area contributed by atoms with E-state index in [2.05, 4.69) is 62.3 Å². The van der Waals surface area contributed by atoms with Crippen molar-refractivity contribution in [1.82, 2.24) is 24.6 Å². The second kappa shape index (κ2) is 9.69. The van der Waals surface area contributed by atoms with Crippen molar-refractivity contribution in [2.75, 3.05) is 60.6 Å². The Bertz CT molecular complexity index is 1470. The Morgan fingerprint density at radius 2 is 1.82 bits per heavy atom. The third-order valence-electron chi connectivity index (χ3n) is 8.58. The molecule has 1 aromatic carbocycles. The van der Waals surface area contributed by atoms with Gasteiger partial charge in [-0.3, -0.25) is 0 Å². The molecular weight excluding hydrogens is 476 g/mol. The summed E-state index contributed by atoms with van der Waals surface area (Å²) in [5, 5.41) is 6.41. The molecule has 3 fully saturated rings. The van der Waals surface area contributed by atoms with Gasteiger partial charge < -0.3 is 19.4 Å². The van der Waals surface area contributed by atoms with Crippen LogP contribution in [0.2, 0.25) is 0 Å². The van der Waals surface area contributed by atoms with Crippen molar-refractivity contribution in [2.45, 2.75) is 52.0 Å². The number of rotatable bonds is 5. The zero-order valence-electron chi connectivity index (χ0n) is 22.4. The summed E-state index contributed by atoms with van der Waals surface area (Å²) in [7, 11) is 0. The predicted octanol–water partition coefficient (Wildman–Crippen LogP) is 4.32. The van der Waals surface area contributed by atoms with Crippen LogP contribution in [0.1, 0.15) is 55.5 Å². The molecule has 3 aliphatic heterocycles. The zero-order chi connectivity index (χ0) is 25.6. The van der Waals surface area contributed by atoms with Gasteiger partial charge in [0.2, 0.25) is 0 Å². The Morgan fingerprint density at radius 3 is 2.61 bits per heavy atom. The molecule has 3 aromatic heterocycles. The summed E-state index contributed by atoms with van der Waals surface area (Å²) in [6, 6.07) is 8.94. The number of ether oxygens (including phenoxy) is 1. The first-order chi connectivity index (χ1) is 18.7. The molecule has 9 nitrogen and oxygen atoms in total. The molecule has 1 atom stereocenters. The minimum atomic E-state index is 0.151. The Kier molecular flexibility index (Phi) is 6.03. The fourth-order valence-corrected chi connectivity index (χ4v) is 6.29. The molecule has 0 saturated carbocycles. The molecule has 0 bridgehead atoms. The van der Waals surface area contributed by atoms with Crippen molar-refractivity contribution >= 4 is 34.0 Å². The highest BCUT2D eigenvalue weighted by molar-refractivity contribution is 5.93. The summed E-state index contributed by atoms with van der Waals surface area (Å²) in [5.74, 6) is 3.21. The largest absolute Gasteiger partial charge is 0.378 e. The minimum absolute atomic E-state index is 0.151. The van der Waals surface area contributed by atoms with Gasteiger partial charge in [0.15, 0.2) is 5.65 Å². The molecule has 0 aliphatic carbocycles. The normalized spacial score (nSPS) is 20.4. The van der Waals surface area contributed by atoms with Crippen molar-refractivity contribution in [3.8, 4) is 0 Å². The maximum atomic E-state index is 5.65. The first kappa shape index (κ1) is 23.6. The van der Waals surface area contributed by atoms with Crippen LogP contribution in [0.4, 0.5) is 17.5 Å². The maximum Gasteiger partial charge on any atom is 0.160 e. The molecule has 0 amide bonds. The quantitative estimate of drug-likeness (QED) is 0.391. The summed E-state index contributed by atoms with van der Waals surface area (Å²) in [6.45, 7) is 10.8. The van der Waals surface area contributed by atoms with E-state index >= 15 is 0 Å². The van der Waals surface area contributed by atoms with Crippen LogP contribution in [0.5, 0.6) is 0 Å². The van der Waals surface area contributed by atoms with Crippen LogP contribution in [0.25, 0.3) is 16.6 Å². The number of aryl methyl sites for hydroxylation is 2. The minimum Gasteiger partial charge on any atom is -0.378 e. The van der Waals surface area contributed by atoms with Crippen LogP contribution < -0.4 is 14.7 Å². The number of hydrogen-bond donors (Lipinski definition) is 0. The predicted molar refractivity (Wildman–Crippen MR) is 150 cm³/mol. The highest BCUT2D eigenvalue weighted by atomic mass is 16.5. The van der Waals surface area contributed by atoms with Crippen molar-refractivity contribution in [3.63, 3.8) is 0 Å². The van der Waals surface area contributed by atoms with Gasteiger partial charge >= 0.3 is 0 Å². The molecule has 7 rings (SSSR count). The van der Waals surface area contributed by atoms with E-state index in [1.807, 2.05) is 0 Å². The number of morpholine rings is 1. The average Bonchev–Trinajstić information content (AvgIpc) is 3.36. The number of anilines is 3. The Hall–Kier alpha value is -3.46. The molecule has 1 unspecified atom stereocenters. The van der Waals surface area contributed by atoms with Crippen LogP contribution in [-0.2, 0) is 11.2 Å². The van der Waals surface area contributed by atoms with Gasteiger partial charge in [-0.05, 0) is 56.2 Å². The van der Waals surface area contributed by atoms with E-state index in [1.54, 1.807) is 6.33 Å². The Morgan fingerprint density at radius 1 is 0.947 bits per heavy atom. The summed E-state index contributed by atoms with van der Waals surface area (Å²) in [5.41, 5.74) is 5.65. The van der Waals surface area contributed by atoms with E-state index in [9.17, 15) is 0 Å². The van der Waals surface area contributed by atoms with E-state index < -0.39 is 0 Å². The number of benzene rings is 1. The number of piperidine rings is 1. The molecule has 3 aliphatic rings. The monoisotopic (exact) mass is 512 g/mol. The van der Waals surface area contributed by atoms with E-state index in [0.29, 0.717) is 0 Å².